The molecule has 1 atom stereocenters. The average molecular weight is 193 g/mol. The molecule has 0 spiro atoms. The molecule has 2 heteroatoms. The van der Waals surface area contributed by atoms with Gasteiger partial charge in [0, 0.05) is 12.6 Å². The van der Waals surface area contributed by atoms with Crippen LogP contribution < -0.4 is 0 Å². The van der Waals surface area contributed by atoms with E-state index in [4.69, 9.17) is 0 Å². The van der Waals surface area contributed by atoms with Crippen molar-refractivity contribution >= 4 is 5.91 Å². The maximum atomic E-state index is 11.7. The van der Waals surface area contributed by atoms with Crippen molar-refractivity contribution in [3.05, 3.63) is 0 Å². The molecule has 1 fully saturated rings. The lowest BCUT2D eigenvalue weighted by Gasteiger charge is -2.33. The molecule has 0 bridgehead atoms. The first-order chi connectivity index (χ1) is 6.46. The molecule has 1 unspecified atom stereocenters. The van der Waals surface area contributed by atoms with E-state index in [1.807, 2.05) is 4.90 Å². The summed E-state index contributed by atoms with van der Waals surface area (Å²) >= 11 is 0. The third-order valence-corrected chi connectivity index (χ3v) is 2.75. The number of carbonyl (C=O) groups excluding carboxylic acids is 1. The van der Waals surface area contributed by atoms with Crippen LogP contribution in [0.15, 0.2) is 0 Å². The zero-order valence-corrected chi connectivity index (χ0v) is 9.55. The summed E-state index contributed by atoms with van der Waals surface area (Å²) in [6.07, 6.45) is 2.22. The summed E-state index contributed by atoms with van der Waals surface area (Å²) in [4.78, 5) is 13.6. The van der Waals surface area contributed by atoms with Crippen molar-refractivity contribution in [1.82, 2.24) is 4.90 Å². The van der Waals surface area contributed by atoms with Crippen molar-refractivity contribution in [2.75, 3.05) is 6.54 Å². The van der Waals surface area contributed by atoms with E-state index in [1.165, 1.54) is 0 Å². The van der Waals surface area contributed by atoms with Crippen molar-refractivity contribution in [2.24, 2.45) is 5.41 Å². The molecule has 2 nitrogen and oxygen atoms in total. The summed E-state index contributed by atoms with van der Waals surface area (Å²) < 4.78 is 0. The average Bonchev–Trinajstić information content (AvgIpc) is 2.50. The van der Waals surface area contributed by atoms with E-state index >= 15 is 0 Å². The van der Waals surface area contributed by atoms with Gasteiger partial charge in [0.15, 0.2) is 0 Å². The van der Waals surface area contributed by atoms with Gasteiger partial charge in [0.1, 0.15) is 0 Å². The maximum Gasteiger partial charge on any atom is 0.298 e. The van der Waals surface area contributed by atoms with Crippen LogP contribution >= 0.6 is 0 Å². The lowest BCUT2D eigenvalue weighted by Crippen LogP contribution is -2.42. The summed E-state index contributed by atoms with van der Waals surface area (Å²) in [7, 11) is 0. The van der Waals surface area contributed by atoms with Crippen LogP contribution in [0.3, 0.4) is 0 Å². The van der Waals surface area contributed by atoms with Crippen molar-refractivity contribution in [1.29, 1.82) is 0 Å². The van der Waals surface area contributed by atoms with Gasteiger partial charge >= 0.3 is 0 Å². The summed E-state index contributed by atoms with van der Waals surface area (Å²) in [6, 6.07) is 0.357. The quantitative estimate of drug-likeness (QED) is 0.539. The van der Waals surface area contributed by atoms with Gasteiger partial charge in [0.25, 0.3) is 5.91 Å². The molecule has 0 aromatic rings. The van der Waals surface area contributed by atoms with Crippen LogP contribution in [0.5, 0.6) is 0 Å². The van der Waals surface area contributed by atoms with E-state index in [9.17, 15) is 4.79 Å². The lowest BCUT2D eigenvalue weighted by molar-refractivity contribution is -0.127. The minimum atomic E-state index is -0.00933. The Morgan fingerprint density at radius 1 is 1.43 bits per heavy atom. The van der Waals surface area contributed by atoms with Crippen molar-refractivity contribution in [3.8, 4) is 11.8 Å². The highest BCUT2D eigenvalue weighted by Crippen LogP contribution is 2.32. The van der Waals surface area contributed by atoms with Crippen molar-refractivity contribution in [2.45, 2.75) is 46.6 Å². The third kappa shape index (κ3) is 2.29. The Balaban J connectivity index is 2.77. The second kappa shape index (κ2) is 4.04. The summed E-state index contributed by atoms with van der Waals surface area (Å²) in [5.41, 5.74) is 0.168. The molecule has 0 saturated carbocycles. The topological polar surface area (TPSA) is 20.3 Å². The molecule has 0 N–H and O–H groups in total. The highest BCUT2D eigenvalue weighted by atomic mass is 16.2. The van der Waals surface area contributed by atoms with Crippen LogP contribution in [0.2, 0.25) is 0 Å². The first kappa shape index (κ1) is 11.1. The molecular weight excluding hydrogens is 174 g/mol. The number of hydrogen-bond acceptors (Lipinski definition) is 1. The third-order valence-electron chi connectivity index (χ3n) is 2.75. The molecule has 1 aliphatic rings. The molecule has 14 heavy (non-hydrogen) atoms. The molecule has 1 saturated heterocycles. The summed E-state index contributed by atoms with van der Waals surface area (Å²) in [5.74, 6) is 5.29. The van der Waals surface area contributed by atoms with E-state index < -0.39 is 0 Å². The number of nitrogens with zero attached hydrogens (tertiary/aromatic N) is 1. The summed E-state index contributed by atoms with van der Waals surface area (Å²) in [5, 5.41) is 0. The number of amides is 1. The first-order valence-corrected chi connectivity index (χ1v) is 5.20. The van der Waals surface area contributed by atoms with Crippen LogP contribution in [0.4, 0.5) is 0 Å². The Morgan fingerprint density at radius 3 is 2.57 bits per heavy atom. The molecule has 1 aliphatic heterocycles. The van der Waals surface area contributed by atoms with Gasteiger partial charge in [-0.1, -0.05) is 26.7 Å². The Hall–Kier alpha value is -0.970. The van der Waals surface area contributed by atoms with Gasteiger partial charge in [-0.3, -0.25) is 4.79 Å². The maximum absolute atomic E-state index is 11.7. The Morgan fingerprint density at radius 2 is 2.07 bits per heavy atom. The fourth-order valence-corrected chi connectivity index (χ4v) is 2.09. The predicted molar refractivity (Wildman–Crippen MR) is 57.6 cm³/mol. The molecule has 0 radical (unpaired) electrons. The van der Waals surface area contributed by atoms with E-state index in [0.29, 0.717) is 6.04 Å². The van der Waals surface area contributed by atoms with Gasteiger partial charge in [-0.15, -0.1) is 0 Å². The van der Waals surface area contributed by atoms with Crippen molar-refractivity contribution < 1.29 is 4.79 Å². The molecule has 1 amide bonds. The molecule has 0 aliphatic carbocycles. The van der Waals surface area contributed by atoms with Crippen LogP contribution in [0.1, 0.15) is 40.5 Å². The number of hydrogen-bond donors (Lipinski definition) is 0. The van der Waals surface area contributed by atoms with Crippen LogP contribution in [-0.4, -0.2) is 23.4 Å². The predicted octanol–water partition coefficient (Wildman–Crippen LogP) is 2.05. The minimum absolute atomic E-state index is 0.00933. The van der Waals surface area contributed by atoms with Crippen LogP contribution in [0.25, 0.3) is 0 Å². The standard InChI is InChI=1S/C12H19NO/c1-5-7-11(14)13-9-6-8-10(13)12(2,3)4/h10H,6,8-9H2,1-4H3. The smallest absolute Gasteiger partial charge is 0.298 e. The molecule has 0 aromatic carbocycles. The van der Waals surface area contributed by atoms with Crippen molar-refractivity contribution in [3.63, 3.8) is 0 Å². The molecule has 0 aromatic heterocycles. The van der Waals surface area contributed by atoms with Gasteiger partial charge in [-0.25, -0.2) is 0 Å². The first-order valence-electron chi connectivity index (χ1n) is 5.20. The normalized spacial score (nSPS) is 21.7. The van der Waals surface area contributed by atoms with E-state index in [-0.39, 0.29) is 11.3 Å². The largest absolute Gasteiger partial charge is 0.328 e. The molecule has 1 rings (SSSR count). The Bertz CT molecular complexity index is 277. The van der Waals surface area contributed by atoms with Crippen LogP contribution in [-0.2, 0) is 4.79 Å². The second-order valence-corrected chi connectivity index (χ2v) is 4.90. The fourth-order valence-electron chi connectivity index (χ4n) is 2.09. The Labute approximate surface area is 86.7 Å². The molecular formula is C12H19NO. The van der Waals surface area contributed by atoms with E-state index in [1.54, 1.807) is 6.92 Å². The number of carbonyl (C=O) groups is 1. The SMILES string of the molecule is CC#CC(=O)N1CCCC1C(C)(C)C. The van der Waals surface area contributed by atoms with Crippen LogP contribution in [0, 0.1) is 17.3 Å². The highest BCUT2D eigenvalue weighted by Gasteiger charge is 2.36. The zero-order chi connectivity index (χ0) is 10.8. The van der Waals surface area contributed by atoms with E-state index in [0.717, 1.165) is 19.4 Å². The highest BCUT2D eigenvalue weighted by molar-refractivity contribution is 5.93. The van der Waals surface area contributed by atoms with Gasteiger partial charge in [0.2, 0.25) is 0 Å². The molecule has 78 valence electrons. The molecule has 1 heterocycles. The van der Waals surface area contributed by atoms with E-state index in [2.05, 4.69) is 32.6 Å². The minimum Gasteiger partial charge on any atom is -0.328 e. The summed E-state index contributed by atoms with van der Waals surface area (Å²) in [6.45, 7) is 9.13. The number of rotatable bonds is 0. The van der Waals surface area contributed by atoms with Gasteiger partial charge in [-0.2, -0.15) is 0 Å². The second-order valence-electron chi connectivity index (χ2n) is 4.90. The number of likely N-dealkylation sites (tertiary alicyclic amines) is 1. The zero-order valence-electron chi connectivity index (χ0n) is 9.55. The lowest BCUT2D eigenvalue weighted by atomic mass is 9.85. The Kier molecular flexibility index (Phi) is 3.21. The van der Waals surface area contributed by atoms with Gasteiger partial charge in [0.05, 0.1) is 0 Å². The fraction of sp³-hybridized carbons (Fsp3) is 0.750. The monoisotopic (exact) mass is 193 g/mol. The van der Waals surface area contributed by atoms with Gasteiger partial charge < -0.3 is 4.90 Å². The van der Waals surface area contributed by atoms with Gasteiger partial charge in [-0.05, 0) is 31.1 Å².